The molecule has 1 aliphatic carbocycles. The van der Waals surface area contributed by atoms with Gasteiger partial charge in [-0.3, -0.25) is 19.3 Å². The molecule has 1 aromatic carbocycles. The Bertz CT molecular complexity index is 1310. The van der Waals surface area contributed by atoms with E-state index in [-0.39, 0.29) is 16.9 Å². The maximum Gasteiger partial charge on any atom is 0.252 e. The van der Waals surface area contributed by atoms with Crippen molar-refractivity contribution in [3.8, 4) is 11.1 Å². The van der Waals surface area contributed by atoms with E-state index in [1.165, 1.54) is 24.5 Å². The molecule has 0 spiro atoms. The second-order valence-corrected chi connectivity index (χ2v) is 11.4. The summed E-state index contributed by atoms with van der Waals surface area (Å²) in [6, 6.07) is 8.78. The number of hydrogen-bond donors (Lipinski definition) is 2. The third kappa shape index (κ3) is 5.28. The van der Waals surface area contributed by atoms with Gasteiger partial charge < -0.3 is 5.32 Å². The molecular weight excluding hydrogens is 460 g/mol. The Morgan fingerprint density at radius 3 is 2.39 bits per heavy atom. The van der Waals surface area contributed by atoms with Crippen molar-refractivity contribution in [3.05, 3.63) is 64.9 Å². The fourth-order valence-corrected chi connectivity index (χ4v) is 5.69. The van der Waals surface area contributed by atoms with Crippen LogP contribution in [0.4, 0.5) is 5.13 Å². The van der Waals surface area contributed by atoms with E-state index in [0.29, 0.717) is 34.8 Å². The molecule has 2 aromatic heterocycles. The van der Waals surface area contributed by atoms with Gasteiger partial charge in [0.25, 0.3) is 5.91 Å². The van der Waals surface area contributed by atoms with Crippen molar-refractivity contribution in [2.45, 2.75) is 44.4 Å². The third-order valence-corrected chi connectivity index (χ3v) is 8.10. The Labute approximate surface area is 196 Å². The van der Waals surface area contributed by atoms with E-state index in [0.717, 1.165) is 11.1 Å². The molecule has 0 atom stereocenters. The number of pyridine rings is 1. The zero-order valence-corrected chi connectivity index (χ0v) is 20.1. The lowest BCUT2D eigenvalue weighted by Gasteiger charge is -2.24. The fourth-order valence-electron chi connectivity index (χ4n) is 3.22. The van der Waals surface area contributed by atoms with Crippen molar-refractivity contribution in [3.63, 3.8) is 0 Å². The quantitative estimate of drug-likeness (QED) is 0.467. The Kier molecular flexibility index (Phi) is 6.06. The van der Waals surface area contributed by atoms with Crippen LogP contribution in [0.5, 0.6) is 0 Å². The molecule has 0 unspecified atom stereocenters. The van der Waals surface area contributed by atoms with Gasteiger partial charge in [-0.05, 0) is 57.4 Å². The van der Waals surface area contributed by atoms with Gasteiger partial charge >= 0.3 is 0 Å². The zero-order valence-electron chi connectivity index (χ0n) is 18.5. The SMILES string of the molecule is CC(=O)c1cncc(-c2ccc(C(=O)NC(C)(C)c3csc(NS(=O)(=O)C4CC4)n3)cc2)c1. The van der Waals surface area contributed by atoms with Gasteiger partial charge in [-0.2, -0.15) is 0 Å². The van der Waals surface area contributed by atoms with Crippen molar-refractivity contribution < 1.29 is 18.0 Å². The van der Waals surface area contributed by atoms with E-state index >= 15 is 0 Å². The number of amides is 1. The van der Waals surface area contributed by atoms with Crippen LogP contribution in [0.25, 0.3) is 11.1 Å². The average Bonchev–Trinajstić information content (AvgIpc) is 3.54. The standard InChI is InChI=1S/C23H24N4O4S2/c1-14(28)17-10-18(12-24-11-17)15-4-6-16(7-5-15)21(29)26-23(2,3)20-13-32-22(25-20)27-33(30,31)19-8-9-19/h4-7,10-13,19H,8-9H2,1-3H3,(H,25,27)(H,26,29). The van der Waals surface area contributed by atoms with Crippen molar-refractivity contribution in [2.75, 3.05) is 4.72 Å². The summed E-state index contributed by atoms with van der Waals surface area (Å²) in [7, 11) is -3.39. The molecule has 0 radical (unpaired) electrons. The summed E-state index contributed by atoms with van der Waals surface area (Å²) in [6.07, 6.45) is 4.54. The number of nitrogens with one attached hydrogen (secondary N) is 2. The number of sulfonamides is 1. The van der Waals surface area contributed by atoms with Gasteiger partial charge in [0.1, 0.15) is 0 Å². The highest BCUT2D eigenvalue weighted by atomic mass is 32.2. The molecule has 8 nitrogen and oxygen atoms in total. The van der Waals surface area contributed by atoms with Gasteiger partial charge in [0, 0.05) is 34.5 Å². The van der Waals surface area contributed by atoms with E-state index in [4.69, 9.17) is 0 Å². The van der Waals surface area contributed by atoms with E-state index in [2.05, 4.69) is 20.0 Å². The lowest BCUT2D eigenvalue weighted by atomic mass is 10.00. The minimum Gasteiger partial charge on any atom is -0.341 e. The molecule has 3 aromatic rings. The first-order chi connectivity index (χ1) is 15.5. The minimum absolute atomic E-state index is 0.0619. The van der Waals surface area contributed by atoms with Gasteiger partial charge in [-0.15, -0.1) is 11.3 Å². The largest absolute Gasteiger partial charge is 0.341 e. The molecule has 33 heavy (non-hydrogen) atoms. The Balaban J connectivity index is 1.45. The number of thiazole rings is 1. The smallest absolute Gasteiger partial charge is 0.252 e. The molecule has 0 saturated heterocycles. The summed E-state index contributed by atoms with van der Waals surface area (Å²) in [5.41, 5.74) is 2.38. The molecule has 1 amide bonds. The first-order valence-electron chi connectivity index (χ1n) is 10.4. The molecule has 1 aliphatic rings. The number of nitrogens with zero attached hydrogens (tertiary/aromatic N) is 2. The second-order valence-electron chi connectivity index (χ2n) is 8.56. The average molecular weight is 485 g/mol. The molecule has 0 bridgehead atoms. The summed E-state index contributed by atoms with van der Waals surface area (Å²) < 4.78 is 26.8. The summed E-state index contributed by atoms with van der Waals surface area (Å²) in [4.78, 5) is 32.9. The van der Waals surface area contributed by atoms with Crippen LogP contribution >= 0.6 is 11.3 Å². The first kappa shape index (κ1) is 23.1. The summed E-state index contributed by atoms with van der Waals surface area (Å²) >= 11 is 1.19. The summed E-state index contributed by atoms with van der Waals surface area (Å²) in [6.45, 7) is 5.11. The molecule has 1 fully saturated rings. The molecule has 10 heteroatoms. The Hall–Kier alpha value is -3.11. The van der Waals surface area contributed by atoms with E-state index < -0.39 is 15.6 Å². The maximum atomic E-state index is 12.9. The van der Waals surface area contributed by atoms with Gasteiger partial charge in [0.15, 0.2) is 10.9 Å². The van der Waals surface area contributed by atoms with Gasteiger partial charge in [-0.25, -0.2) is 13.4 Å². The van der Waals surface area contributed by atoms with Crippen LogP contribution in [0.1, 0.15) is 60.0 Å². The van der Waals surface area contributed by atoms with Crippen molar-refractivity contribution in [1.29, 1.82) is 0 Å². The monoisotopic (exact) mass is 484 g/mol. The van der Waals surface area contributed by atoms with Crippen LogP contribution in [-0.2, 0) is 15.6 Å². The van der Waals surface area contributed by atoms with Gasteiger partial charge in [-0.1, -0.05) is 12.1 Å². The molecular formula is C23H24N4O4S2. The number of carbonyl (C=O) groups is 2. The Morgan fingerprint density at radius 1 is 1.06 bits per heavy atom. The van der Waals surface area contributed by atoms with Crippen LogP contribution in [0, 0.1) is 0 Å². The lowest BCUT2D eigenvalue weighted by Crippen LogP contribution is -2.41. The van der Waals surface area contributed by atoms with E-state index in [9.17, 15) is 18.0 Å². The van der Waals surface area contributed by atoms with Crippen molar-refractivity contribution in [1.82, 2.24) is 15.3 Å². The number of rotatable bonds is 8. The number of aromatic nitrogens is 2. The fraction of sp³-hybridized carbons (Fsp3) is 0.304. The van der Waals surface area contributed by atoms with E-state index in [1.807, 2.05) is 13.8 Å². The predicted octanol–water partition coefficient (Wildman–Crippen LogP) is 3.98. The predicted molar refractivity (Wildman–Crippen MR) is 128 cm³/mol. The maximum absolute atomic E-state index is 12.9. The number of carbonyl (C=O) groups excluding carboxylic acids is 2. The molecule has 172 valence electrons. The van der Waals surface area contributed by atoms with Crippen LogP contribution in [-0.4, -0.2) is 35.3 Å². The van der Waals surface area contributed by atoms with Crippen molar-refractivity contribution >= 4 is 38.2 Å². The number of Topliss-reactive ketones (excluding diaryl/α,β-unsaturated/α-hetero) is 1. The number of ketones is 1. The number of benzene rings is 1. The molecule has 2 N–H and O–H groups in total. The topological polar surface area (TPSA) is 118 Å². The van der Waals surface area contributed by atoms with Crippen molar-refractivity contribution in [2.24, 2.45) is 0 Å². The normalized spacial score (nSPS) is 14.0. The highest BCUT2D eigenvalue weighted by Crippen LogP contribution is 2.32. The second kappa shape index (κ2) is 8.68. The van der Waals surface area contributed by atoms with Gasteiger partial charge in [0.2, 0.25) is 10.0 Å². The third-order valence-electron chi connectivity index (χ3n) is 5.39. The van der Waals surface area contributed by atoms with Crippen LogP contribution in [0.2, 0.25) is 0 Å². The molecule has 1 saturated carbocycles. The highest BCUT2D eigenvalue weighted by Gasteiger charge is 2.36. The lowest BCUT2D eigenvalue weighted by molar-refractivity contribution is 0.0910. The Morgan fingerprint density at radius 2 is 1.76 bits per heavy atom. The molecule has 0 aliphatic heterocycles. The van der Waals surface area contributed by atoms with Crippen LogP contribution < -0.4 is 10.0 Å². The summed E-state index contributed by atoms with van der Waals surface area (Å²) in [5, 5.41) is 4.66. The number of anilines is 1. The van der Waals surface area contributed by atoms with Gasteiger partial charge in [0.05, 0.1) is 16.5 Å². The van der Waals surface area contributed by atoms with E-state index in [1.54, 1.807) is 41.9 Å². The number of hydrogen-bond acceptors (Lipinski definition) is 7. The molecule has 2 heterocycles. The van der Waals surface area contributed by atoms with Crippen LogP contribution in [0.15, 0.2) is 48.1 Å². The highest BCUT2D eigenvalue weighted by molar-refractivity contribution is 7.93. The molecule has 4 rings (SSSR count). The van der Waals surface area contributed by atoms with Crippen LogP contribution in [0.3, 0.4) is 0 Å². The zero-order chi connectivity index (χ0) is 23.8. The first-order valence-corrected chi connectivity index (χ1v) is 12.8. The minimum atomic E-state index is -3.39. The summed E-state index contributed by atoms with van der Waals surface area (Å²) in [5.74, 6) is -0.344.